The van der Waals surface area contributed by atoms with Crippen molar-refractivity contribution >= 4 is 22.8 Å². The number of nitrogens with two attached hydrogens (primary N) is 1. The molecule has 0 spiro atoms. The molecule has 112 valence electrons. The minimum atomic E-state index is 0.530. The van der Waals surface area contributed by atoms with E-state index in [2.05, 4.69) is 32.0 Å². The summed E-state index contributed by atoms with van der Waals surface area (Å²) in [5.74, 6) is 0.573. The van der Waals surface area contributed by atoms with E-state index in [-0.39, 0.29) is 0 Å². The van der Waals surface area contributed by atoms with Gasteiger partial charge in [0.1, 0.15) is 5.82 Å². The number of pyridine rings is 1. The van der Waals surface area contributed by atoms with Crippen LogP contribution in [0.4, 0.5) is 11.5 Å². The van der Waals surface area contributed by atoms with E-state index in [4.69, 9.17) is 5.73 Å². The maximum absolute atomic E-state index is 5.62. The van der Waals surface area contributed by atoms with Gasteiger partial charge in [-0.15, -0.1) is 0 Å². The smallest absolute Gasteiger partial charge is 0.123 e. The van der Waals surface area contributed by atoms with Gasteiger partial charge in [-0.1, -0.05) is 0 Å². The van der Waals surface area contributed by atoms with Crippen LogP contribution in [0.3, 0.4) is 0 Å². The molecular formula is C16H22N4S. The molecule has 0 radical (unpaired) electrons. The van der Waals surface area contributed by atoms with Gasteiger partial charge in [-0.3, -0.25) is 4.90 Å². The van der Waals surface area contributed by atoms with Crippen LogP contribution < -0.4 is 11.1 Å². The van der Waals surface area contributed by atoms with E-state index in [0.717, 1.165) is 18.8 Å². The summed E-state index contributed by atoms with van der Waals surface area (Å²) in [6, 6.07) is 6.62. The molecule has 0 saturated carbocycles. The Hall–Kier alpha value is -1.59. The van der Waals surface area contributed by atoms with Crippen LogP contribution in [0.2, 0.25) is 0 Å². The van der Waals surface area contributed by atoms with Crippen molar-refractivity contribution < 1.29 is 0 Å². The summed E-state index contributed by atoms with van der Waals surface area (Å²) in [5, 5.41) is 7.99. The standard InChI is InChI=1S/C16H22N4S/c17-16-4-3-15(10-18-16)19-14-2-1-7-20(8-5-14)11-13-6-9-21-12-13/h3-4,6,9-10,12,14,19H,1-2,5,7-8,11H2,(H2,17,18)/t14-/m1/s1. The predicted octanol–water partition coefficient (Wildman–Crippen LogP) is 3.19. The van der Waals surface area contributed by atoms with E-state index in [1.807, 2.05) is 18.3 Å². The molecule has 1 saturated heterocycles. The molecule has 0 aliphatic carbocycles. The Bertz CT molecular complexity index is 538. The number of anilines is 2. The lowest BCUT2D eigenvalue weighted by atomic mass is 10.1. The van der Waals surface area contributed by atoms with Crippen LogP contribution >= 0.6 is 11.3 Å². The minimum absolute atomic E-state index is 0.530. The van der Waals surface area contributed by atoms with E-state index in [0.29, 0.717) is 11.9 Å². The first-order valence-corrected chi connectivity index (χ1v) is 8.45. The van der Waals surface area contributed by atoms with Gasteiger partial charge in [0.2, 0.25) is 0 Å². The van der Waals surface area contributed by atoms with Crippen LogP contribution in [0.25, 0.3) is 0 Å². The number of aromatic nitrogens is 1. The van der Waals surface area contributed by atoms with E-state index >= 15 is 0 Å². The molecule has 0 aromatic carbocycles. The van der Waals surface area contributed by atoms with Crippen LogP contribution in [0.1, 0.15) is 24.8 Å². The fourth-order valence-corrected chi connectivity index (χ4v) is 3.49. The summed E-state index contributed by atoms with van der Waals surface area (Å²) >= 11 is 1.78. The van der Waals surface area contributed by atoms with Crippen molar-refractivity contribution in [3.8, 4) is 0 Å². The van der Waals surface area contributed by atoms with Gasteiger partial charge in [-0.25, -0.2) is 4.98 Å². The lowest BCUT2D eigenvalue weighted by molar-refractivity contribution is 0.276. The predicted molar refractivity (Wildman–Crippen MR) is 89.5 cm³/mol. The number of hydrogen-bond donors (Lipinski definition) is 2. The summed E-state index contributed by atoms with van der Waals surface area (Å²) < 4.78 is 0. The molecule has 0 bridgehead atoms. The van der Waals surface area contributed by atoms with Crippen molar-refractivity contribution in [3.63, 3.8) is 0 Å². The molecule has 0 unspecified atom stereocenters. The average molecular weight is 302 g/mol. The first-order chi connectivity index (χ1) is 10.3. The van der Waals surface area contributed by atoms with Gasteiger partial charge in [-0.2, -0.15) is 11.3 Å². The number of nitrogens with zero attached hydrogens (tertiary/aromatic N) is 2. The van der Waals surface area contributed by atoms with Gasteiger partial charge in [0, 0.05) is 19.1 Å². The minimum Gasteiger partial charge on any atom is -0.384 e. The highest BCUT2D eigenvalue weighted by Gasteiger charge is 2.17. The third-order valence-electron chi connectivity index (χ3n) is 3.96. The van der Waals surface area contributed by atoms with Crippen molar-refractivity contribution in [2.45, 2.75) is 31.8 Å². The molecule has 4 nitrogen and oxygen atoms in total. The van der Waals surface area contributed by atoms with Gasteiger partial charge >= 0.3 is 0 Å². The molecule has 1 atom stereocenters. The van der Waals surface area contributed by atoms with E-state index in [9.17, 15) is 0 Å². The fourth-order valence-electron chi connectivity index (χ4n) is 2.83. The largest absolute Gasteiger partial charge is 0.384 e. The molecule has 3 heterocycles. The van der Waals surface area contributed by atoms with Crippen molar-refractivity contribution in [3.05, 3.63) is 40.7 Å². The molecule has 3 rings (SSSR count). The number of thiophene rings is 1. The lowest BCUT2D eigenvalue weighted by Gasteiger charge is -2.20. The molecular weight excluding hydrogens is 280 g/mol. The number of nitrogen functional groups attached to an aromatic ring is 1. The van der Waals surface area contributed by atoms with Gasteiger partial charge in [0.05, 0.1) is 11.9 Å². The monoisotopic (exact) mass is 302 g/mol. The Morgan fingerprint density at radius 3 is 3.00 bits per heavy atom. The zero-order valence-corrected chi connectivity index (χ0v) is 13.0. The normalized spacial score (nSPS) is 20.1. The zero-order chi connectivity index (χ0) is 14.5. The Morgan fingerprint density at radius 1 is 1.29 bits per heavy atom. The number of nitrogens with one attached hydrogen (secondary N) is 1. The third-order valence-corrected chi connectivity index (χ3v) is 4.70. The Labute approximate surface area is 130 Å². The molecule has 1 fully saturated rings. The first kappa shape index (κ1) is 14.4. The highest BCUT2D eigenvalue weighted by Crippen LogP contribution is 2.19. The molecule has 0 amide bonds. The van der Waals surface area contributed by atoms with Crippen LogP contribution in [0.15, 0.2) is 35.2 Å². The van der Waals surface area contributed by atoms with Crippen molar-refractivity contribution in [2.24, 2.45) is 0 Å². The lowest BCUT2D eigenvalue weighted by Crippen LogP contribution is -2.26. The second kappa shape index (κ2) is 6.91. The van der Waals surface area contributed by atoms with E-state index < -0.39 is 0 Å². The average Bonchev–Trinajstić information content (AvgIpc) is 2.89. The molecule has 1 aliphatic rings. The van der Waals surface area contributed by atoms with E-state index in [1.54, 1.807) is 11.3 Å². The van der Waals surface area contributed by atoms with Crippen LogP contribution in [-0.4, -0.2) is 29.0 Å². The van der Waals surface area contributed by atoms with Gasteiger partial charge in [0.15, 0.2) is 0 Å². The first-order valence-electron chi connectivity index (χ1n) is 7.51. The fraction of sp³-hybridized carbons (Fsp3) is 0.438. The molecule has 1 aliphatic heterocycles. The quantitative estimate of drug-likeness (QED) is 0.910. The van der Waals surface area contributed by atoms with Gasteiger partial charge < -0.3 is 11.1 Å². The third kappa shape index (κ3) is 4.19. The summed E-state index contributed by atoms with van der Waals surface area (Å²) in [5.41, 5.74) is 8.13. The zero-order valence-electron chi connectivity index (χ0n) is 12.2. The molecule has 2 aromatic heterocycles. The Balaban J connectivity index is 1.52. The van der Waals surface area contributed by atoms with Gasteiger partial charge in [-0.05, 0) is 60.3 Å². The van der Waals surface area contributed by atoms with Crippen LogP contribution in [0, 0.1) is 0 Å². The summed E-state index contributed by atoms with van der Waals surface area (Å²) in [6.07, 6.45) is 5.45. The van der Waals surface area contributed by atoms with Crippen molar-refractivity contribution in [1.29, 1.82) is 0 Å². The molecule has 21 heavy (non-hydrogen) atoms. The molecule has 3 N–H and O–H groups in total. The highest BCUT2D eigenvalue weighted by molar-refractivity contribution is 7.07. The number of rotatable bonds is 4. The Morgan fingerprint density at radius 2 is 2.24 bits per heavy atom. The second-order valence-electron chi connectivity index (χ2n) is 5.65. The highest BCUT2D eigenvalue weighted by atomic mass is 32.1. The maximum Gasteiger partial charge on any atom is 0.123 e. The maximum atomic E-state index is 5.62. The Kier molecular flexibility index (Phi) is 4.72. The summed E-state index contributed by atoms with van der Waals surface area (Å²) in [7, 11) is 0. The summed E-state index contributed by atoms with van der Waals surface area (Å²) in [6.45, 7) is 3.42. The SMILES string of the molecule is Nc1ccc(N[C@@H]2CCCN(Cc3ccsc3)CC2)cn1. The van der Waals surface area contributed by atoms with Crippen molar-refractivity contribution in [2.75, 3.05) is 24.1 Å². The van der Waals surface area contributed by atoms with E-state index in [1.165, 1.54) is 31.4 Å². The topological polar surface area (TPSA) is 54.2 Å². The van der Waals surface area contributed by atoms with Crippen LogP contribution in [-0.2, 0) is 6.54 Å². The van der Waals surface area contributed by atoms with Crippen molar-refractivity contribution in [1.82, 2.24) is 9.88 Å². The molecule has 5 heteroatoms. The molecule has 2 aromatic rings. The number of hydrogen-bond acceptors (Lipinski definition) is 5. The summed E-state index contributed by atoms with van der Waals surface area (Å²) in [4.78, 5) is 6.70. The number of likely N-dealkylation sites (tertiary alicyclic amines) is 1. The van der Waals surface area contributed by atoms with Gasteiger partial charge in [0.25, 0.3) is 0 Å². The van der Waals surface area contributed by atoms with Crippen LogP contribution in [0.5, 0.6) is 0 Å². The second-order valence-corrected chi connectivity index (χ2v) is 6.43.